The Bertz CT molecular complexity index is 1090. The van der Waals surface area contributed by atoms with E-state index in [-0.39, 0.29) is 17.3 Å². The second kappa shape index (κ2) is 6.90. The molecule has 0 saturated carbocycles. The van der Waals surface area contributed by atoms with E-state index in [0.717, 1.165) is 0 Å². The van der Waals surface area contributed by atoms with Gasteiger partial charge in [0.1, 0.15) is 11.3 Å². The van der Waals surface area contributed by atoms with Crippen molar-refractivity contribution in [1.82, 2.24) is 20.7 Å². The van der Waals surface area contributed by atoms with E-state index in [2.05, 4.69) is 15.7 Å². The van der Waals surface area contributed by atoms with Crippen molar-refractivity contribution in [2.75, 3.05) is 0 Å². The summed E-state index contributed by atoms with van der Waals surface area (Å²) in [6, 6.07) is 17.2. The van der Waals surface area contributed by atoms with Gasteiger partial charge in [0.2, 0.25) is 5.89 Å². The van der Waals surface area contributed by atoms with Crippen LogP contribution in [0, 0.1) is 6.92 Å². The predicted octanol–water partition coefficient (Wildman–Crippen LogP) is 2.76. The van der Waals surface area contributed by atoms with Gasteiger partial charge in [-0.3, -0.25) is 15.0 Å². The molecule has 0 radical (unpaired) electrons. The van der Waals surface area contributed by atoms with Crippen molar-refractivity contribution in [2.24, 2.45) is 0 Å². The van der Waals surface area contributed by atoms with Gasteiger partial charge in [0.05, 0.1) is 0 Å². The molecule has 4 rings (SSSR count). The minimum absolute atomic E-state index is 0.00207. The van der Waals surface area contributed by atoms with Crippen LogP contribution in [0.15, 0.2) is 65.1 Å². The molecule has 1 aliphatic heterocycles. The molecule has 1 atom stereocenters. The van der Waals surface area contributed by atoms with Crippen molar-refractivity contribution in [1.29, 1.82) is 0 Å². The summed E-state index contributed by atoms with van der Waals surface area (Å²) in [6.07, 6.45) is 0. The summed E-state index contributed by atoms with van der Waals surface area (Å²) in [5.41, 5.74) is 2.38. The van der Waals surface area contributed by atoms with E-state index >= 15 is 0 Å². The maximum Gasteiger partial charge on any atom is 0.344 e. The van der Waals surface area contributed by atoms with E-state index in [4.69, 9.17) is 4.42 Å². The molecule has 1 fully saturated rings. The minimum Gasteiger partial charge on any atom is -0.441 e. The largest absolute Gasteiger partial charge is 0.441 e. The maximum atomic E-state index is 12.9. The zero-order chi connectivity index (χ0) is 20.6. The third kappa shape index (κ3) is 3.14. The molecule has 4 amide bonds. The number of carbonyl (C=O) groups is 3. The molecule has 1 aromatic heterocycles. The van der Waals surface area contributed by atoms with E-state index < -0.39 is 23.4 Å². The standard InChI is InChI=1S/C21H18N4O4/c1-13-16(22-18(29-13)14-9-5-3-6-10-14)17(26)24-25-19(27)21(2,23-20(25)28)15-11-7-4-8-12-15/h3-12H,1-2H3,(H,23,28)(H,24,26). The average Bonchev–Trinajstić information content (AvgIpc) is 3.23. The number of urea groups is 1. The number of carbonyl (C=O) groups excluding carboxylic acids is 3. The Morgan fingerprint density at radius 3 is 2.34 bits per heavy atom. The third-order valence-corrected chi connectivity index (χ3v) is 4.79. The Morgan fingerprint density at radius 1 is 1.07 bits per heavy atom. The van der Waals surface area contributed by atoms with Gasteiger partial charge in [-0.25, -0.2) is 9.78 Å². The predicted molar refractivity (Wildman–Crippen MR) is 103 cm³/mol. The lowest BCUT2D eigenvalue weighted by Crippen LogP contribution is -2.48. The number of nitrogens with one attached hydrogen (secondary N) is 2. The first-order chi connectivity index (χ1) is 13.9. The van der Waals surface area contributed by atoms with Crippen LogP contribution in [0.3, 0.4) is 0 Å². The van der Waals surface area contributed by atoms with Crippen molar-refractivity contribution in [3.05, 3.63) is 77.7 Å². The molecule has 8 heteroatoms. The third-order valence-electron chi connectivity index (χ3n) is 4.79. The van der Waals surface area contributed by atoms with Crippen LogP contribution in [0.4, 0.5) is 4.79 Å². The topological polar surface area (TPSA) is 105 Å². The van der Waals surface area contributed by atoms with E-state index in [1.54, 1.807) is 50.2 Å². The SMILES string of the molecule is Cc1oc(-c2ccccc2)nc1C(=O)NN1C(=O)NC(C)(c2ccccc2)C1=O. The molecule has 1 saturated heterocycles. The summed E-state index contributed by atoms with van der Waals surface area (Å²) in [5.74, 6) is -0.750. The van der Waals surface area contributed by atoms with Crippen molar-refractivity contribution in [3.63, 3.8) is 0 Å². The van der Waals surface area contributed by atoms with Crippen LogP contribution in [-0.2, 0) is 10.3 Å². The molecule has 0 aliphatic carbocycles. The lowest BCUT2D eigenvalue weighted by Gasteiger charge is -2.21. The number of aromatic nitrogens is 1. The first-order valence-electron chi connectivity index (χ1n) is 8.96. The van der Waals surface area contributed by atoms with Gasteiger partial charge in [0.15, 0.2) is 5.69 Å². The number of hydrazine groups is 1. The molecule has 1 aliphatic rings. The van der Waals surface area contributed by atoms with Gasteiger partial charge in [-0.1, -0.05) is 48.5 Å². The number of hydrogen-bond acceptors (Lipinski definition) is 5. The lowest BCUT2D eigenvalue weighted by atomic mass is 9.92. The lowest BCUT2D eigenvalue weighted by molar-refractivity contribution is -0.132. The summed E-state index contributed by atoms with van der Waals surface area (Å²) in [4.78, 5) is 42.2. The first-order valence-corrected chi connectivity index (χ1v) is 8.96. The van der Waals surface area contributed by atoms with Gasteiger partial charge in [-0.15, -0.1) is 0 Å². The Morgan fingerprint density at radius 2 is 1.69 bits per heavy atom. The average molecular weight is 390 g/mol. The fourth-order valence-corrected chi connectivity index (χ4v) is 3.17. The molecule has 3 aromatic rings. The molecule has 2 heterocycles. The summed E-state index contributed by atoms with van der Waals surface area (Å²) in [6.45, 7) is 3.18. The molecule has 0 bridgehead atoms. The summed E-state index contributed by atoms with van der Waals surface area (Å²) >= 11 is 0. The number of amides is 4. The van der Waals surface area contributed by atoms with Gasteiger partial charge in [0, 0.05) is 5.56 Å². The minimum atomic E-state index is -1.28. The molecule has 0 spiro atoms. The normalized spacial score (nSPS) is 18.6. The number of hydrogen-bond donors (Lipinski definition) is 2. The van der Waals surface area contributed by atoms with Gasteiger partial charge in [0.25, 0.3) is 11.8 Å². The van der Waals surface area contributed by atoms with Crippen molar-refractivity contribution in [3.8, 4) is 11.5 Å². The monoisotopic (exact) mass is 390 g/mol. The van der Waals surface area contributed by atoms with Crippen LogP contribution in [0.1, 0.15) is 28.7 Å². The first kappa shape index (κ1) is 18.4. The Kier molecular flexibility index (Phi) is 4.38. The van der Waals surface area contributed by atoms with Crippen LogP contribution in [-0.4, -0.2) is 27.8 Å². The van der Waals surface area contributed by atoms with E-state index in [9.17, 15) is 14.4 Å². The highest BCUT2D eigenvalue weighted by Gasteiger charge is 2.50. The summed E-state index contributed by atoms with van der Waals surface area (Å²) < 4.78 is 5.57. The molecule has 29 heavy (non-hydrogen) atoms. The van der Waals surface area contributed by atoms with Crippen molar-refractivity contribution in [2.45, 2.75) is 19.4 Å². The second-order valence-electron chi connectivity index (χ2n) is 6.79. The van der Waals surface area contributed by atoms with Crippen LogP contribution in [0.25, 0.3) is 11.5 Å². The number of oxazole rings is 1. The van der Waals surface area contributed by atoms with Crippen LogP contribution < -0.4 is 10.7 Å². The molecule has 2 N–H and O–H groups in total. The maximum absolute atomic E-state index is 12.9. The number of benzene rings is 2. The van der Waals surface area contributed by atoms with E-state index in [0.29, 0.717) is 16.1 Å². The fraction of sp³-hybridized carbons (Fsp3) is 0.143. The van der Waals surface area contributed by atoms with Crippen LogP contribution in [0.2, 0.25) is 0 Å². The number of nitrogens with zero attached hydrogens (tertiary/aromatic N) is 2. The zero-order valence-electron chi connectivity index (χ0n) is 15.8. The Hall–Kier alpha value is -3.94. The second-order valence-corrected chi connectivity index (χ2v) is 6.79. The van der Waals surface area contributed by atoms with Crippen molar-refractivity contribution >= 4 is 17.8 Å². The quantitative estimate of drug-likeness (QED) is 0.667. The van der Waals surface area contributed by atoms with Gasteiger partial charge < -0.3 is 9.73 Å². The Labute approximate surface area is 166 Å². The highest BCUT2D eigenvalue weighted by Crippen LogP contribution is 2.28. The molecular weight excluding hydrogens is 372 g/mol. The van der Waals surface area contributed by atoms with Gasteiger partial charge in [-0.2, -0.15) is 5.01 Å². The molecule has 8 nitrogen and oxygen atoms in total. The van der Waals surface area contributed by atoms with Crippen molar-refractivity contribution < 1.29 is 18.8 Å². The van der Waals surface area contributed by atoms with E-state index in [1.807, 2.05) is 24.3 Å². The van der Waals surface area contributed by atoms with Crippen LogP contribution >= 0.6 is 0 Å². The highest BCUT2D eigenvalue weighted by molar-refractivity contribution is 6.09. The number of imide groups is 1. The smallest absolute Gasteiger partial charge is 0.344 e. The number of rotatable bonds is 4. The summed E-state index contributed by atoms with van der Waals surface area (Å²) in [7, 11) is 0. The van der Waals surface area contributed by atoms with Crippen LogP contribution in [0.5, 0.6) is 0 Å². The number of aryl methyl sites for hydroxylation is 1. The molecule has 146 valence electrons. The van der Waals surface area contributed by atoms with E-state index in [1.165, 1.54) is 0 Å². The molecular formula is C21H18N4O4. The Balaban J connectivity index is 1.57. The zero-order valence-corrected chi connectivity index (χ0v) is 15.8. The van der Waals surface area contributed by atoms with Gasteiger partial charge >= 0.3 is 6.03 Å². The molecule has 2 aromatic carbocycles. The fourth-order valence-electron chi connectivity index (χ4n) is 3.17. The summed E-state index contributed by atoms with van der Waals surface area (Å²) in [5, 5.41) is 3.30. The van der Waals surface area contributed by atoms with Gasteiger partial charge in [-0.05, 0) is 31.5 Å². The molecule has 1 unspecified atom stereocenters. The highest BCUT2D eigenvalue weighted by atomic mass is 16.4.